The smallest absolute Gasteiger partial charge is 0.271 e. The van der Waals surface area contributed by atoms with E-state index in [4.69, 9.17) is 18.9 Å². The standard InChI is InChI=1S/C40H48F4N6O6/c1-23(53-5)31(49-35(51)37(3)15-17-39(41,42)21-55-37)33-45-19-29(47-33)27-11-7-25(8-12-27)26-9-13-28(14-10-26)30-20-46-34(48-30)32(24(2)54-6)50-36(52)38(4)16-18-40(43,44)22-56-38/h7-14,19-20,23-24,31-32H,15-18,21-22H2,1-6H3,(H,45,47)(H,46,48)(H,49,51)(H,50,52). The van der Waals surface area contributed by atoms with Crippen LogP contribution >= 0.6 is 0 Å². The van der Waals surface area contributed by atoms with Crippen LogP contribution in [0.3, 0.4) is 0 Å². The van der Waals surface area contributed by atoms with Crippen molar-refractivity contribution in [3.63, 3.8) is 0 Å². The summed E-state index contributed by atoms with van der Waals surface area (Å²) in [5.41, 5.74) is 2.23. The Morgan fingerprint density at radius 3 is 1.29 bits per heavy atom. The monoisotopic (exact) mass is 784 g/mol. The summed E-state index contributed by atoms with van der Waals surface area (Å²) < 4.78 is 76.5. The van der Waals surface area contributed by atoms with E-state index < -0.39 is 85.2 Å². The average molecular weight is 785 g/mol. The Bertz CT molecular complexity index is 1820. The summed E-state index contributed by atoms with van der Waals surface area (Å²) in [5.74, 6) is -6.07. The molecule has 12 nitrogen and oxygen atoms in total. The number of ether oxygens (including phenoxy) is 4. The van der Waals surface area contributed by atoms with Crippen LogP contribution < -0.4 is 10.6 Å². The zero-order valence-corrected chi connectivity index (χ0v) is 32.2. The predicted molar refractivity (Wildman–Crippen MR) is 199 cm³/mol. The molecular formula is C40H48F4N6O6. The second-order valence-electron chi connectivity index (χ2n) is 15.1. The first-order valence-electron chi connectivity index (χ1n) is 18.5. The van der Waals surface area contributed by atoms with Crippen LogP contribution in [-0.4, -0.2) is 94.4 Å². The van der Waals surface area contributed by atoms with E-state index in [1.807, 2.05) is 48.5 Å². The largest absolute Gasteiger partial charge is 0.379 e. The summed E-state index contributed by atoms with van der Waals surface area (Å²) in [6, 6.07) is 14.3. The molecule has 2 amide bonds. The lowest BCUT2D eigenvalue weighted by molar-refractivity contribution is -0.190. The number of halogens is 4. The third-order valence-electron chi connectivity index (χ3n) is 10.9. The van der Waals surface area contributed by atoms with E-state index in [2.05, 4.69) is 30.6 Å². The van der Waals surface area contributed by atoms with Crippen molar-refractivity contribution in [3.05, 3.63) is 72.6 Å². The Morgan fingerprint density at radius 2 is 0.982 bits per heavy atom. The fourth-order valence-electron chi connectivity index (χ4n) is 6.66. The van der Waals surface area contributed by atoms with Crippen LogP contribution in [0.2, 0.25) is 0 Å². The molecule has 0 spiro atoms. The number of hydrogen-bond donors (Lipinski definition) is 4. The molecule has 6 unspecified atom stereocenters. The first-order valence-corrected chi connectivity index (χ1v) is 18.5. The maximum absolute atomic E-state index is 13.7. The van der Waals surface area contributed by atoms with Crippen LogP contribution in [0.1, 0.15) is 77.1 Å². The maximum atomic E-state index is 13.7. The fourth-order valence-corrected chi connectivity index (χ4v) is 6.66. The Balaban J connectivity index is 1.11. The van der Waals surface area contributed by atoms with Gasteiger partial charge in [-0.05, 0) is 62.8 Å². The number of H-pyrrole nitrogens is 2. The molecule has 2 saturated heterocycles. The lowest BCUT2D eigenvalue weighted by atomic mass is 9.92. The topological polar surface area (TPSA) is 152 Å². The first kappa shape index (κ1) is 41.0. The lowest BCUT2D eigenvalue weighted by Crippen LogP contribution is -2.54. The van der Waals surface area contributed by atoms with Gasteiger partial charge in [0.15, 0.2) is 0 Å². The number of hydrogen-bond acceptors (Lipinski definition) is 8. The molecule has 0 bridgehead atoms. The molecule has 0 radical (unpaired) electrons. The number of rotatable bonds is 13. The molecule has 2 aliphatic heterocycles. The highest BCUT2D eigenvalue weighted by molar-refractivity contribution is 5.86. The molecule has 2 aliphatic rings. The molecule has 302 valence electrons. The number of alkyl halides is 4. The minimum Gasteiger partial charge on any atom is -0.379 e. The van der Waals surface area contributed by atoms with Gasteiger partial charge in [-0.15, -0.1) is 0 Å². The van der Waals surface area contributed by atoms with Crippen LogP contribution in [0.15, 0.2) is 60.9 Å². The highest BCUT2D eigenvalue weighted by Gasteiger charge is 2.48. The number of nitrogens with zero attached hydrogens (tertiary/aromatic N) is 2. The molecule has 56 heavy (non-hydrogen) atoms. The Labute approximate surface area is 322 Å². The number of methoxy groups -OCH3 is 2. The summed E-state index contributed by atoms with van der Waals surface area (Å²) in [4.78, 5) is 42.1. The Morgan fingerprint density at radius 1 is 0.643 bits per heavy atom. The van der Waals surface area contributed by atoms with E-state index in [0.717, 1.165) is 22.3 Å². The van der Waals surface area contributed by atoms with Crippen molar-refractivity contribution >= 4 is 11.8 Å². The number of amides is 2. The van der Waals surface area contributed by atoms with Gasteiger partial charge in [-0.2, -0.15) is 0 Å². The van der Waals surface area contributed by atoms with Gasteiger partial charge in [-0.1, -0.05) is 48.5 Å². The number of aromatic nitrogens is 4. The zero-order valence-electron chi connectivity index (χ0n) is 32.2. The fraction of sp³-hybridized carbons (Fsp3) is 0.500. The molecular weight excluding hydrogens is 736 g/mol. The Kier molecular flexibility index (Phi) is 11.8. The number of aromatic amines is 2. The van der Waals surface area contributed by atoms with E-state index in [0.29, 0.717) is 23.0 Å². The van der Waals surface area contributed by atoms with E-state index in [1.165, 1.54) is 28.1 Å². The van der Waals surface area contributed by atoms with Gasteiger partial charge in [0, 0.05) is 27.1 Å². The third-order valence-corrected chi connectivity index (χ3v) is 10.9. The maximum Gasteiger partial charge on any atom is 0.271 e. The second kappa shape index (κ2) is 16.1. The number of imidazole rings is 2. The zero-order chi connectivity index (χ0) is 40.5. The van der Waals surface area contributed by atoms with Crippen LogP contribution in [0, 0.1) is 0 Å². The molecule has 4 N–H and O–H groups in total. The van der Waals surface area contributed by atoms with Gasteiger partial charge in [0.1, 0.15) is 48.1 Å². The highest BCUT2D eigenvalue weighted by Crippen LogP contribution is 2.37. The summed E-state index contributed by atoms with van der Waals surface area (Å²) in [7, 11) is 3.02. The number of nitrogens with one attached hydrogen (secondary N) is 4. The molecule has 6 atom stereocenters. The van der Waals surface area contributed by atoms with Crippen molar-refractivity contribution in [2.24, 2.45) is 0 Å². The van der Waals surface area contributed by atoms with E-state index >= 15 is 0 Å². The lowest BCUT2D eigenvalue weighted by Gasteiger charge is -2.37. The van der Waals surface area contributed by atoms with Crippen LogP contribution in [0.25, 0.3) is 33.6 Å². The van der Waals surface area contributed by atoms with Gasteiger partial charge in [0.05, 0.1) is 36.0 Å². The first-order chi connectivity index (χ1) is 26.4. The van der Waals surface area contributed by atoms with E-state index in [9.17, 15) is 27.2 Å². The van der Waals surface area contributed by atoms with E-state index in [1.54, 1.807) is 26.2 Å². The Hall–Kier alpha value is -4.64. The van der Waals surface area contributed by atoms with Crippen molar-refractivity contribution in [3.8, 4) is 33.6 Å². The summed E-state index contributed by atoms with van der Waals surface area (Å²) in [6.45, 7) is 4.94. The summed E-state index contributed by atoms with van der Waals surface area (Å²) >= 11 is 0. The van der Waals surface area contributed by atoms with Gasteiger partial charge in [0.25, 0.3) is 23.7 Å². The molecule has 0 aliphatic carbocycles. The van der Waals surface area contributed by atoms with Crippen molar-refractivity contribution in [2.75, 3.05) is 27.4 Å². The van der Waals surface area contributed by atoms with Gasteiger partial charge in [-0.3, -0.25) is 9.59 Å². The number of benzene rings is 2. The van der Waals surface area contributed by atoms with Gasteiger partial charge in [-0.25, -0.2) is 27.5 Å². The van der Waals surface area contributed by atoms with Crippen LogP contribution in [-0.2, 0) is 28.5 Å². The predicted octanol–water partition coefficient (Wildman–Crippen LogP) is 6.93. The van der Waals surface area contributed by atoms with Crippen molar-refractivity contribution < 1.29 is 46.1 Å². The molecule has 2 aromatic heterocycles. The SMILES string of the molecule is COC(C)C(NC(=O)C1(C)CCC(F)(F)CO1)c1ncc(-c2ccc(-c3ccc(-c4cnc(C(NC(=O)C5(C)CCC(F)(F)CO5)C(C)OC)[nH]4)cc3)cc2)[nH]1. The van der Waals surface area contributed by atoms with Gasteiger partial charge < -0.3 is 39.5 Å². The minimum absolute atomic E-state index is 0.121. The molecule has 2 aromatic carbocycles. The van der Waals surface area contributed by atoms with Crippen molar-refractivity contribution in [1.82, 2.24) is 30.6 Å². The minimum atomic E-state index is -2.96. The van der Waals surface area contributed by atoms with Gasteiger partial charge >= 0.3 is 0 Å². The van der Waals surface area contributed by atoms with E-state index in [-0.39, 0.29) is 12.8 Å². The average Bonchev–Trinajstić information content (AvgIpc) is 3.89. The van der Waals surface area contributed by atoms with Crippen LogP contribution in [0.4, 0.5) is 17.6 Å². The molecule has 16 heteroatoms. The second-order valence-corrected chi connectivity index (χ2v) is 15.1. The number of carbonyl (C=O) groups is 2. The van der Waals surface area contributed by atoms with Crippen molar-refractivity contribution in [2.45, 2.75) is 101 Å². The number of carbonyl (C=O) groups excluding carboxylic acids is 2. The quantitative estimate of drug-likeness (QED) is 0.107. The summed E-state index contributed by atoms with van der Waals surface area (Å²) in [6.07, 6.45) is 1.21. The highest BCUT2D eigenvalue weighted by atomic mass is 19.3. The van der Waals surface area contributed by atoms with Crippen molar-refractivity contribution in [1.29, 1.82) is 0 Å². The summed E-state index contributed by atoms with van der Waals surface area (Å²) in [5, 5.41) is 5.78. The van der Waals surface area contributed by atoms with Gasteiger partial charge in [0.2, 0.25) is 0 Å². The molecule has 4 heterocycles. The molecule has 4 aromatic rings. The molecule has 0 saturated carbocycles. The normalized spacial score (nSPS) is 24.1. The molecule has 6 rings (SSSR count). The van der Waals surface area contributed by atoms with Crippen LogP contribution in [0.5, 0.6) is 0 Å². The third kappa shape index (κ3) is 8.98. The molecule has 2 fully saturated rings.